The normalized spacial score (nSPS) is 11.8. The highest BCUT2D eigenvalue weighted by Crippen LogP contribution is 2.42. The third kappa shape index (κ3) is 5.80. The number of aromatic nitrogens is 3. The Morgan fingerprint density at radius 1 is 1.16 bits per heavy atom. The molecule has 0 aliphatic carbocycles. The van der Waals surface area contributed by atoms with Crippen molar-refractivity contribution < 1.29 is 32.2 Å². The fourth-order valence-corrected chi connectivity index (χ4v) is 6.26. The number of ether oxygens (including phenoxy) is 1. The Morgan fingerprint density at radius 3 is 2.49 bits per heavy atom. The number of thiazole rings is 1. The summed E-state index contributed by atoms with van der Waals surface area (Å²) in [6.07, 6.45) is -4.81. The summed E-state index contributed by atoms with van der Waals surface area (Å²) in [5, 5.41) is 14.9. The van der Waals surface area contributed by atoms with Crippen molar-refractivity contribution in [1.29, 1.82) is 0 Å². The summed E-state index contributed by atoms with van der Waals surface area (Å²) in [6, 6.07) is 9.56. The van der Waals surface area contributed by atoms with Gasteiger partial charge in [-0.2, -0.15) is 9.78 Å². The Hall–Kier alpha value is -3.38. The van der Waals surface area contributed by atoms with Crippen molar-refractivity contribution in [2.24, 2.45) is 0 Å². The van der Waals surface area contributed by atoms with Crippen LogP contribution in [0, 0.1) is 19.7 Å². The Kier molecular flexibility index (Phi) is 7.33. The summed E-state index contributed by atoms with van der Waals surface area (Å²) in [6.45, 7) is 7.22. The molecule has 0 fully saturated rings. The van der Waals surface area contributed by atoms with Gasteiger partial charge in [0.2, 0.25) is 5.13 Å². The van der Waals surface area contributed by atoms with Crippen molar-refractivity contribution in [1.82, 2.24) is 14.8 Å². The molecule has 0 saturated heterocycles. The fraction of sp³-hybridized carbons (Fsp3) is 0.240. The Labute approximate surface area is 217 Å². The molecule has 0 aliphatic rings. The van der Waals surface area contributed by atoms with Gasteiger partial charge in [-0.15, -0.1) is 24.9 Å². The predicted molar refractivity (Wildman–Crippen MR) is 134 cm³/mol. The largest absolute Gasteiger partial charge is 0.573 e. The molecule has 4 rings (SSSR count). The lowest BCUT2D eigenvalue weighted by molar-refractivity contribution is -0.274. The lowest BCUT2D eigenvalue weighted by Crippen LogP contribution is -2.17. The number of thioether (sulfide) groups is 1. The van der Waals surface area contributed by atoms with Crippen LogP contribution in [0.25, 0.3) is 27.5 Å². The van der Waals surface area contributed by atoms with Crippen LogP contribution in [0.4, 0.5) is 17.6 Å². The van der Waals surface area contributed by atoms with E-state index in [-0.39, 0.29) is 27.4 Å². The maximum atomic E-state index is 13.9. The molecule has 37 heavy (non-hydrogen) atoms. The number of carboxylic acid groups (broad SMARTS) is 1. The topological polar surface area (TPSA) is 77.2 Å². The molecule has 0 unspecified atom stereocenters. The summed E-state index contributed by atoms with van der Waals surface area (Å²) >= 11 is 2.70. The molecular formula is C25H21F4N3O3S2. The van der Waals surface area contributed by atoms with Crippen LogP contribution < -0.4 is 4.74 Å². The number of halogens is 4. The van der Waals surface area contributed by atoms with Crippen LogP contribution >= 0.6 is 23.1 Å². The van der Waals surface area contributed by atoms with Crippen LogP contribution in [0.2, 0.25) is 0 Å². The molecule has 0 bridgehead atoms. The van der Waals surface area contributed by atoms with Crippen molar-refractivity contribution in [3.63, 3.8) is 0 Å². The van der Waals surface area contributed by atoms with Gasteiger partial charge in [0.15, 0.2) is 5.69 Å². The average Bonchev–Trinajstić information content (AvgIpc) is 3.33. The molecule has 2 aromatic heterocycles. The van der Waals surface area contributed by atoms with Gasteiger partial charge in [0.05, 0.1) is 15.6 Å². The first-order valence-electron chi connectivity index (χ1n) is 11.0. The average molecular weight is 552 g/mol. The standard InChI is InChI=1S/C25H21F4N3O3S2/c1-12(2)36-23-20(18-9-8-17(10-13(18)3)35-25(27,28)29)30-24(37-23)32-21(22(33)34)19(14(4)31-32)15-6-5-7-16(26)11-15/h5-12H,1-4H3,(H,33,34). The maximum absolute atomic E-state index is 13.9. The molecule has 0 spiro atoms. The summed E-state index contributed by atoms with van der Waals surface area (Å²) in [5.41, 5.74) is 2.41. The number of aryl methyl sites for hydroxylation is 2. The first-order valence-corrected chi connectivity index (χ1v) is 12.7. The number of alkyl halides is 3. The van der Waals surface area contributed by atoms with Crippen LogP contribution in [-0.4, -0.2) is 37.5 Å². The van der Waals surface area contributed by atoms with Crippen molar-refractivity contribution in [3.05, 3.63) is 65.2 Å². The molecule has 0 aliphatic heterocycles. The van der Waals surface area contributed by atoms with Gasteiger partial charge in [-0.05, 0) is 55.3 Å². The number of carboxylic acids is 1. The number of hydrogen-bond donors (Lipinski definition) is 1. The van der Waals surface area contributed by atoms with E-state index in [4.69, 9.17) is 0 Å². The highest BCUT2D eigenvalue weighted by molar-refractivity contribution is 8.01. The van der Waals surface area contributed by atoms with E-state index in [9.17, 15) is 27.5 Å². The number of nitrogens with zero attached hydrogens (tertiary/aromatic N) is 3. The van der Waals surface area contributed by atoms with E-state index in [0.717, 1.165) is 4.21 Å². The van der Waals surface area contributed by atoms with Gasteiger partial charge in [0.25, 0.3) is 0 Å². The van der Waals surface area contributed by atoms with Crippen molar-refractivity contribution >= 4 is 29.1 Å². The van der Waals surface area contributed by atoms with E-state index >= 15 is 0 Å². The van der Waals surface area contributed by atoms with Gasteiger partial charge in [-0.3, -0.25) is 0 Å². The van der Waals surface area contributed by atoms with Crippen LogP contribution in [0.1, 0.15) is 35.6 Å². The minimum atomic E-state index is -4.81. The molecule has 0 radical (unpaired) electrons. The third-order valence-corrected chi connectivity index (χ3v) is 7.41. The number of aromatic carboxylic acids is 1. The monoisotopic (exact) mass is 551 g/mol. The summed E-state index contributed by atoms with van der Waals surface area (Å²) < 4.78 is 57.9. The first kappa shape index (κ1) is 26.7. The van der Waals surface area contributed by atoms with Crippen LogP contribution in [0.5, 0.6) is 5.75 Å². The van der Waals surface area contributed by atoms with E-state index in [2.05, 4.69) is 14.8 Å². The molecule has 0 atom stereocenters. The van der Waals surface area contributed by atoms with Gasteiger partial charge in [-0.25, -0.2) is 14.2 Å². The first-order chi connectivity index (χ1) is 17.3. The number of carbonyl (C=O) groups is 1. The van der Waals surface area contributed by atoms with Crippen LogP contribution in [0.3, 0.4) is 0 Å². The zero-order chi connectivity index (χ0) is 27.1. The number of hydrogen-bond acceptors (Lipinski definition) is 6. The Bertz CT molecular complexity index is 1480. The van der Waals surface area contributed by atoms with E-state index in [1.54, 1.807) is 19.9 Å². The highest BCUT2D eigenvalue weighted by atomic mass is 32.2. The van der Waals surface area contributed by atoms with Crippen LogP contribution in [0.15, 0.2) is 46.7 Å². The zero-order valence-electron chi connectivity index (χ0n) is 20.1. The summed E-state index contributed by atoms with van der Waals surface area (Å²) in [7, 11) is 0. The molecule has 2 heterocycles. The lowest BCUT2D eigenvalue weighted by atomic mass is 10.0. The Morgan fingerprint density at radius 2 is 1.89 bits per heavy atom. The summed E-state index contributed by atoms with van der Waals surface area (Å²) in [4.78, 5) is 17.0. The van der Waals surface area contributed by atoms with E-state index in [1.807, 2.05) is 13.8 Å². The van der Waals surface area contributed by atoms with Gasteiger partial charge in [0.1, 0.15) is 11.6 Å². The third-order valence-electron chi connectivity index (χ3n) is 5.17. The second-order valence-electron chi connectivity index (χ2n) is 8.36. The quantitative estimate of drug-likeness (QED) is 0.189. The van der Waals surface area contributed by atoms with E-state index < -0.39 is 18.1 Å². The van der Waals surface area contributed by atoms with Crippen molar-refractivity contribution in [3.8, 4) is 33.3 Å². The van der Waals surface area contributed by atoms with Crippen molar-refractivity contribution in [2.45, 2.75) is 43.5 Å². The molecule has 0 amide bonds. The summed E-state index contributed by atoms with van der Waals surface area (Å²) in [5.74, 6) is -2.13. The van der Waals surface area contributed by atoms with E-state index in [0.29, 0.717) is 28.1 Å². The Balaban J connectivity index is 1.87. The van der Waals surface area contributed by atoms with Gasteiger partial charge < -0.3 is 9.84 Å². The number of rotatable bonds is 7. The van der Waals surface area contributed by atoms with Crippen LogP contribution in [-0.2, 0) is 0 Å². The van der Waals surface area contributed by atoms with Gasteiger partial charge in [-0.1, -0.05) is 37.3 Å². The number of benzene rings is 2. The molecule has 0 saturated carbocycles. The zero-order valence-corrected chi connectivity index (χ0v) is 21.7. The molecular weight excluding hydrogens is 530 g/mol. The predicted octanol–water partition coefficient (Wildman–Crippen LogP) is 7.52. The highest BCUT2D eigenvalue weighted by Gasteiger charge is 2.31. The van der Waals surface area contributed by atoms with Gasteiger partial charge in [0, 0.05) is 16.4 Å². The molecule has 2 aromatic carbocycles. The molecule has 194 valence electrons. The van der Waals surface area contributed by atoms with Gasteiger partial charge >= 0.3 is 12.3 Å². The lowest BCUT2D eigenvalue weighted by Gasteiger charge is -2.12. The second-order valence-corrected chi connectivity index (χ2v) is 11.2. The second kappa shape index (κ2) is 10.2. The maximum Gasteiger partial charge on any atom is 0.573 e. The minimum Gasteiger partial charge on any atom is -0.476 e. The molecule has 6 nitrogen and oxygen atoms in total. The van der Waals surface area contributed by atoms with E-state index in [1.165, 1.54) is 64.2 Å². The molecule has 1 N–H and O–H groups in total. The smallest absolute Gasteiger partial charge is 0.476 e. The molecule has 4 aromatic rings. The fourth-order valence-electron chi connectivity index (χ4n) is 3.80. The minimum absolute atomic E-state index is 0.140. The SMILES string of the molecule is Cc1cc(OC(F)(F)F)ccc1-c1nc(-n2nc(C)c(-c3cccc(F)c3)c2C(=O)O)sc1SC(C)C. The van der Waals surface area contributed by atoms with Crippen molar-refractivity contribution in [2.75, 3.05) is 0 Å². The molecule has 12 heteroatoms.